The second-order valence-corrected chi connectivity index (χ2v) is 4.84. The molecule has 0 aliphatic rings. The van der Waals surface area contributed by atoms with Crippen LogP contribution in [0.15, 0.2) is 36.9 Å². The monoisotopic (exact) mass is 302 g/mol. The van der Waals surface area contributed by atoms with Crippen LogP contribution < -0.4 is 5.32 Å². The van der Waals surface area contributed by atoms with Crippen molar-refractivity contribution in [3.63, 3.8) is 0 Å². The van der Waals surface area contributed by atoms with Gasteiger partial charge in [0.15, 0.2) is 6.61 Å². The Morgan fingerprint density at radius 1 is 1.32 bits per heavy atom. The summed E-state index contributed by atoms with van der Waals surface area (Å²) in [6, 6.07) is 6.75. The first kappa shape index (κ1) is 15.7. The number of hydrogen-bond acceptors (Lipinski definition) is 5. The van der Waals surface area contributed by atoms with E-state index < -0.39 is 5.97 Å². The van der Waals surface area contributed by atoms with Gasteiger partial charge in [0.05, 0.1) is 11.3 Å². The Labute approximate surface area is 128 Å². The molecule has 1 aromatic carbocycles. The number of carbonyl (C=O) groups is 2. The van der Waals surface area contributed by atoms with Crippen molar-refractivity contribution in [2.45, 2.75) is 26.3 Å². The lowest BCUT2D eigenvalue weighted by Crippen LogP contribution is -2.35. The summed E-state index contributed by atoms with van der Waals surface area (Å²) in [7, 11) is 0. The average Bonchev–Trinajstić information content (AvgIpc) is 3.07. The van der Waals surface area contributed by atoms with E-state index in [2.05, 4.69) is 15.4 Å². The summed E-state index contributed by atoms with van der Waals surface area (Å²) in [6.45, 7) is 3.57. The number of nitrogens with zero attached hydrogens (tertiary/aromatic N) is 3. The van der Waals surface area contributed by atoms with Crippen molar-refractivity contribution >= 4 is 11.9 Å². The highest BCUT2D eigenvalue weighted by Crippen LogP contribution is 2.09. The molecule has 0 aliphatic heterocycles. The summed E-state index contributed by atoms with van der Waals surface area (Å²) < 4.78 is 6.56. The van der Waals surface area contributed by atoms with Crippen molar-refractivity contribution in [2.24, 2.45) is 0 Å². The molecule has 0 saturated heterocycles. The Kier molecular flexibility index (Phi) is 5.24. The third-order valence-electron chi connectivity index (χ3n) is 3.14. The van der Waals surface area contributed by atoms with Gasteiger partial charge in [-0.05, 0) is 37.6 Å². The molecule has 2 aromatic rings. The second kappa shape index (κ2) is 7.35. The summed E-state index contributed by atoms with van der Waals surface area (Å²) >= 11 is 0. The van der Waals surface area contributed by atoms with Crippen LogP contribution in [0.4, 0.5) is 0 Å². The third-order valence-corrected chi connectivity index (χ3v) is 3.14. The topological polar surface area (TPSA) is 86.1 Å². The minimum atomic E-state index is -0.538. The molecule has 0 bridgehead atoms. The van der Waals surface area contributed by atoms with Crippen LogP contribution in [0.3, 0.4) is 0 Å². The quantitative estimate of drug-likeness (QED) is 0.814. The fourth-order valence-electron chi connectivity index (χ4n) is 1.72. The number of aromatic nitrogens is 3. The minimum Gasteiger partial charge on any atom is -0.452 e. The summed E-state index contributed by atoms with van der Waals surface area (Å²) in [4.78, 5) is 27.3. The number of benzene rings is 1. The number of nitrogens with one attached hydrogen (secondary N) is 1. The molecule has 7 heteroatoms. The van der Waals surface area contributed by atoms with Gasteiger partial charge in [0.25, 0.3) is 5.91 Å². The lowest BCUT2D eigenvalue weighted by Gasteiger charge is -2.11. The molecule has 2 rings (SSSR count). The zero-order chi connectivity index (χ0) is 15.9. The zero-order valence-corrected chi connectivity index (χ0v) is 12.5. The second-order valence-electron chi connectivity index (χ2n) is 4.84. The number of hydrogen-bond donors (Lipinski definition) is 1. The van der Waals surface area contributed by atoms with Gasteiger partial charge in [0.1, 0.15) is 12.7 Å². The molecule has 1 amide bonds. The molecule has 0 saturated carbocycles. The van der Waals surface area contributed by atoms with Crippen LogP contribution in [0, 0.1) is 0 Å². The van der Waals surface area contributed by atoms with E-state index in [1.165, 1.54) is 6.33 Å². The molecule has 0 radical (unpaired) electrons. The van der Waals surface area contributed by atoms with Gasteiger partial charge in [-0.1, -0.05) is 6.92 Å². The first-order valence-corrected chi connectivity index (χ1v) is 7.01. The van der Waals surface area contributed by atoms with Crippen LogP contribution >= 0.6 is 0 Å². The van der Waals surface area contributed by atoms with E-state index in [9.17, 15) is 9.59 Å². The van der Waals surface area contributed by atoms with Crippen molar-refractivity contribution in [1.82, 2.24) is 20.1 Å². The molecular formula is C15H18N4O3. The first-order chi connectivity index (χ1) is 10.6. The molecule has 0 spiro atoms. The maximum absolute atomic E-state index is 11.9. The largest absolute Gasteiger partial charge is 0.452 e. The van der Waals surface area contributed by atoms with Crippen molar-refractivity contribution in [1.29, 1.82) is 0 Å². The summed E-state index contributed by atoms with van der Waals surface area (Å²) in [5.41, 5.74) is 1.16. The highest BCUT2D eigenvalue weighted by molar-refractivity contribution is 5.91. The van der Waals surface area contributed by atoms with Gasteiger partial charge in [-0.25, -0.2) is 14.5 Å². The lowest BCUT2D eigenvalue weighted by molar-refractivity contribution is -0.124. The van der Waals surface area contributed by atoms with E-state index in [-0.39, 0.29) is 18.6 Å². The Bertz CT molecular complexity index is 623. The molecule has 1 heterocycles. The summed E-state index contributed by atoms with van der Waals surface area (Å²) in [6.07, 6.45) is 3.81. The fraction of sp³-hybridized carbons (Fsp3) is 0.333. The zero-order valence-electron chi connectivity index (χ0n) is 12.5. The van der Waals surface area contributed by atoms with Crippen molar-refractivity contribution in [2.75, 3.05) is 6.61 Å². The molecule has 116 valence electrons. The Hall–Kier alpha value is -2.70. The SMILES string of the molecule is CC[C@H](C)NC(=O)COC(=O)c1ccc(-n2cncn2)cc1. The fourth-order valence-corrected chi connectivity index (χ4v) is 1.72. The first-order valence-electron chi connectivity index (χ1n) is 7.01. The van der Waals surface area contributed by atoms with Gasteiger partial charge in [0, 0.05) is 6.04 Å². The van der Waals surface area contributed by atoms with Gasteiger partial charge >= 0.3 is 5.97 Å². The third kappa shape index (κ3) is 4.15. The summed E-state index contributed by atoms with van der Waals surface area (Å²) in [5.74, 6) is -0.841. The summed E-state index contributed by atoms with van der Waals surface area (Å²) in [5, 5.41) is 6.72. The number of amides is 1. The van der Waals surface area contributed by atoms with Gasteiger partial charge in [-0.2, -0.15) is 5.10 Å². The Morgan fingerprint density at radius 2 is 2.05 bits per heavy atom. The molecule has 0 unspecified atom stereocenters. The minimum absolute atomic E-state index is 0.0631. The molecular weight excluding hydrogens is 284 g/mol. The number of ether oxygens (including phenoxy) is 1. The van der Waals surface area contributed by atoms with E-state index in [1.807, 2.05) is 13.8 Å². The molecule has 22 heavy (non-hydrogen) atoms. The van der Waals surface area contributed by atoms with Crippen LogP contribution in [-0.4, -0.2) is 39.3 Å². The molecule has 1 aromatic heterocycles. The van der Waals surface area contributed by atoms with Crippen molar-refractivity contribution in [3.8, 4) is 5.69 Å². The van der Waals surface area contributed by atoms with Crippen LogP contribution in [-0.2, 0) is 9.53 Å². The van der Waals surface area contributed by atoms with Gasteiger partial charge in [0.2, 0.25) is 0 Å². The molecule has 7 nitrogen and oxygen atoms in total. The van der Waals surface area contributed by atoms with Crippen molar-refractivity contribution < 1.29 is 14.3 Å². The van der Waals surface area contributed by atoms with Crippen LogP contribution in [0.25, 0.3) is 5.69 Å². The molecule has 1 N–H and O–H groups in total. The Morgan fingerprint density at radius 3 is 2.64 bits per heavy atom. The van der Waals surface area contributed by atoms with E-state index in [1.54, 1.807) is 35.3 Å². The van der Waals surface area contributed by atoms with Crippen LogP contribution in [0.1, 0.15) is 30.6 Å². The molecule has 0 fully saturated rings. The predicted octanol–water partition coefficient (Wildman–Crippen LogP) is 1.34. The van der Waals surface area contributed by atoms with Gasteiger partial charge in [-0.15, -0.1) is 0 Å². The van der Waals surface area contributed by atoms with Crippen LogP contribution in [0.2, 0.25) is 0 Å². The van der Waals surface area contributed by atoms with E-state index in [0.29, 0.717) is 5.56 Å². The number of carbonyl (C=O) groups excluding carboxylic acids is 2. The van der Waals surface area contributed by atoms with Crippen molar-refractivity contribution in [3.05, 3.63) is 42.5 Å². The van der Waals surface area contributed by atoms with E-state index in [4.69, 9.17) is 4.74 Å². The highest BCUT2D eigenvalue weighted by atomic mass is 16.5. The average molecular weight is 302 g/mol. The highest BCUT2D eigenvalue weighted by Gasteiger charge is 2.11. The lowest BCUT2D eigenvalue weighted by atomic mass is 10.2. The van der Waals surface area contributed by atoms with Crippen LogP contribution in [0.5, 0.6) is 0 Å². The standard InChI is InChI=1S/C15H18N4O3/c1-3-11(2)18-14(20)8-22-15(21)12-4-6-13(7-5-12)19-10-16-9-17-19/h4-7,9-11H,3,8H2,1-2H3,(H,18,20)/t11-/m0/s1. The van der Waals surface area contributed by atoms with E-state index >= 15 is 0 Å². The van der Waals surface area contributed by atoms with Gasteiger partial charge < -0.3 is 10.1 Å². The predicted molar refractivity (Wildman–Crippen MR) is 79.5 cm³/mol. The number of esters is 1. The maximum Gasteiger partial charge on any atom is 0.338 e. The maximum atomic E-state index is 11.9. The normalized spacial score (nSPS) is 11.7. The van der Waals surface area contributed by atoms with Gasteiger partial charge in [-0.3, -0.25) is 4.79 Å². The molecule has 0 aliphatic carbocycles. The smallest absolute Gasteiger partial charge is 0.338 e. The van der Waals surface area contributed by atoms with E-state index in [0.717, 1.165) is 12.1 Å². The number of rotatable bonds is 6. The molecule has 1 atom stereocenters. The Balaban J connectivity index is 1.89.